The summed E-state index contributed by atoms with van der Waals surface area (Å²) < 4.78 is 30.0. The standard InChI is InChI=1S/C26H19F2N7O3S/c1-2-20-32-35(26(39-20)29-24(36)21-18(27)11-12-19(28)22(21)25(37)38)13-14-7-9-15(10-8-14)16-5-3-4-6-17(16)23-30-33-34-31-23/h3-12H,2,13H2,1H3,(H,37,38)(H,30,31,33,34). The molecule has 0 unspecified atom stereocenters. The quantitative estimate of drug-likeness (QED) is 0.312. The molecule has 0 aliphatic rings. The summed E-state index contributed by atoms with van der Waals surface area (Å²) >= 11 is 1.10. The van der Waals surface area contributed by atoms with Gasteiger partial charge in [0.15, 0.2) is 5.82 Å². The van der Waals surface area contributed by atoms with Crippen molar-refractivity contribution in [2.24, 2.45) is 4.99 Å². The van der Waals surface area contributed by atoms with E-state index in [0.29, 0.717) is 29.4 Å². The molecule has 2 heterocycles. The van der Waals surface area contributed by atoms with Gasteiger partial charge in [-0.15, -0.1) is 5.10 Å². The summed E-state index contributed by atoms with van der Waals surface area (Å²) in [4.78, 5) is 28.4. The van der Waals surface area contributed by atoms with Gasteiger partial charge in [-0.2, -0.15) is 10.1 Å². The summed E-state index contributed by atoms with van der Waals surface area (Å²) in [5, 5.41) is 28.5. The van der Waals surface area contributed by atoms with Crippen molar-refractivity contribution in [3.8, 4) is 22.5 Å². The number of nitrogens with zero attached hydrogens (tertiary/aromatic N) is 6. The smallest absolute Gasteiger partial charge is 0.339 e. The van der Waals surface area contributed by atoms with E-state index in [0.717, 1.165) is 33.6 Å². The second-order valence-corrected chi connectivity index (χ2v) is 9.32. The number of halogens is 2. The highest BCUT2D eigenvalue weighted by Crippen LogP contribution is 2.29. The molecule has 2 N–H and O–H groups in total. The Bertz CT molecular complexity index is 1750. The van der Waals surface area contributed by atoms with Crippen molar-refractivity contribution < 1.29 is 23.5 Å². The third-order valence-electron chi connectivity index (χ3n) is 5.82. The molecule has 1 amide bonds. The summed E-state index contributed by atoms with van der Waals surface area (Å²) in [5.41, 5.74) is 1.51. The topological polar surface area (TPSA) is 139 Å². The van der Waals surface area contributed by atoms with Gasteiger partial charge in [0.05, 0.1) is 12.1 Å². The molecule has 2 aromatic heterocycles. The summed E-state index contributed by atoms with van der Waals surface area (Å²) in [6.07, 6.45) is 0.551. The Balaban J connectivity index is 1.48. The van der Waals surface area contributed by atoms with Crippen molar-refractivity contribution in [3.05, 3.63) is 98.8 Å². The van der Waals surface area contributed by atoms with E-state index in [1.165, 1.54) is 4.68 Å². The number of rotatable bonds is 7. The Morgan fingerprint density at radius 3 is 2.33 bits per heavy atom. The fraction of sp³-hybridized carbons (Fsp3) is 0.115. The normalized spacial score (nSPS) is 11.6. The van der Waals surface area contributed by atoms with E-state index in [1.54, 1.807) is 0 Å². The maximum Gasteiger partial charge on any atom is 0.339 e. The van der Waals surface area contributed by atoms with Crippen LogP contribution in [0.4, 0.5) is 8.78 Å². The molecule has 196 valence electrons. The van der Waals surface area contributed by atoms with Gasteiger partial charge in [0, 0.05) is 5.56 Å². The number of carbonyl (C=O) groups is 2. The van der Waals surface area contributed by atoms with Crippen LogP contribution in [0.1, 0.15) is 38.2 Å². The van der Waals surface area contributed by atoms with Crippen molar-refractivity contribution in [1.29, 1.82) is 0 Å². The minimum Gasteiger partial charge on any atom is -0.478 e. The Morgan fingerprint density at radius 2 is 1.69 bits per heavy atom. The highest BCUT2D eigenvalue weighted by molar-refractivity contribution is 7.08. The molecule has 0 saturated carbocycles. The number of aromatic nitrogens is 6. The van der Waals surface area contributed by atoms with Crippen LogP contribution in [0.15, 0.2) is 65.7 Å². The van der Waals surface area contributed by atoms with Gasteiger partial charge in [0.2, 0.25) is 4.80 Å². The molecule has 39 heavy (non-hydrogen) atoms. The van der Waals surface area contributed by atoms with Crippen molar-refractivity contribution in [3.63, 3.8) is 0 Å². The predicted octanol–water partition coefficient (Wildman–Crippen LogP) is 4.12. The number of hydrogen-bond acceptors (Lipinski definition) is 7. The molecule has 13 heteroatoms. The van der Waals surface area contributed by atoms with Crippen LogP contribution in [0.2, 0.25) is 0 Å². The lowest BCUT2D eigenvalue weighted by molar-refractivity contribution is 0.0685. The number of carboxylic acid groups (broad SMARTS) is 1. The Hall–Kier alpha value is -4.91. The number of hydrogen-bond donors (Lipinski definition) is 2. The SMILES string of the molecule is CCc1nn(Cc2ccc(-c3ccccc3-c3nnn[nH]3)cc2)c(=NC(=O)c2c(F)ccc(F)c2C(=O)O)s1. The van der Waals surface area contributed by atoms with Gasteiger partial charge in [-0.3, -0.25) is 4.79 Å². The summed E-state index contributed by atoms with van der Waals surface area (Å²) in [6.45, 7) is 2.10. The van der Waals surface area contributed by atoms with Gasteiger partial charge < -0.3 is 5.11 Å². The maximum absolute atomic E-state index is 14.4. The zero-order valence-corrected chi connectivity index (χ0v) is 21.1. The van der Waals surface area contributed by atoms with Crippen molar-refractivity contribution in [2.75, 3.05) is 0 Å². The first-order chi connectivity index (χ1) is 18.9. The lowest BCUT2D eigenvalue weighted by atomic mass is 9.98. The van der Waals surface area contributed by atoms with Crippen molar-refractivity contribution in [1.82, 2.24) is 30.4 Å². The molecule has 0 aliphatic carbocycles. The van der Waals surface area contributed by atoms with Crippen LogP contribution >= 0.6 is 11.3 Å². The van der Waals surface area contributed by atoms with E-state index in [4.69, 9.17) is 0 Å². The number of carbonyl (C=O) groups excluding carboxylic acids is 1. The first-order valence-corrected chi connectivity index (χ1v) is 12.5. The Kier molecular flexibility index (Phi) is 7.14. The van der Waals surface area contributed by atoms with E-state index < -0.39 is 34.6 Å². The van der Waals surface area contributed by atoms with E-state index in [1.807, 2.05) is 55.5 Å². The zero-order valence-electron chi connectivity index (χ0n) is 20.3. The molecular formula is C26H19F2N7O3S. The van der Waals surface area contributed by atoms with E-state index >= 15 is 0 Å². The van der Waals surface area contributed by atoms with E-state index in [2.05, 4.69) is 30.7 Å². The van der Waals surface area contributed by atoms with Gasteiger partial charge in [-0.05, 0) is 45.7 Å². The number of benzene rings is 3. The number of amides is 1. The molecule has 0 aliphatic heterocycles. The third kappa shape index (κ3) is 5.25. The van der Waals surface area contributed by atoms with Crippen molar-refractivity contribution >= 4 is 23.2 Å². The van der Waals surface area contributed by atoms with Crippen LogP contribution in [-0.2, 0) is 13.0 Å². The minimum atomic E-state index is -1.77. The van der Waals surface area contributed by atoms with Gasteiger partial charge in [-0.25, -0.2) is 23.4 Å². The fourth-order valence-electron chi connectivity index (χ4n) is 3.97. The zero-order chi connectivity index (χ0) is 27.5. The molecule has 0 radical (unpaired) electrons. The molecule has 0 fully saturated rings. The number of tetrazole rings is 1. The lowest BCUT2D eigenvalue weighted by Crippen LogP contribution is -2.21. The van der Waals surface area contributed by atoms with Crippen LogP contribution in [0.25, 0.3) is 22.5 Å². The molecule has 10 nitrogen and oxygen atoms in total. The average Bonchev–Trinajstić information content (AvgIpc) is 3.60. The number of carboxylic acids is 1. The molecule has 0 bridgehead atoms. The number of H-pyrrole nitrogens is 1. The minimum absolute atomic E-state index is 0.129. The molecular weight excluding hydrogens is 528 g/mol. The highest BCUT2D eigenvalue weighted by atomic mass is 32.1. The van der Waals surface area contributed by atoms with Gasteiger partial charge in [0.25, 0.3) is 5.91 Å². The van der Waals surface area contributed by atoms with Gasteiger partial charge in [-0.1, -0.05) is 66.8 Å². The lowest BCUT2D eigenvalue weighted by Gasteiger charge is -2.09. The summed E-state index contributed by atoms with van der Waals surface area (Å²) in [6, 6.07) is 16.6. The molecule has 5 rings (SSSR count). The van der Waals surface area contributed by atoms with E-state index in [9.17, 15) is 23.5 Å². The number of nitrogens with one attached hydrogen (secondary N) is 1. The number of aromatic carboxylic acids is 1. The number of aromatic amines is 1. The van der Waals surface area contributed by atoms with Crippen LogP contribution < -0.4 is 4.80 Å². The van der Waals surface area contributed by atoms with Gasteiger partial charge >= 0.3 is 5.97 Å². The number of aryl methyl sites for hydroxylation is 1. The first kappa shape index (κ1) is 25.7. The monoisotopic (exact) mass is 547 g/mol. The van der Waals surface area contributed by atoms with Crippen LogP contribution in [-0.4, -0.2) is 47.4 Å². The summed E-state index contributed by atoms with van der Waals surface area (Å²) in [5.74, 6) is -4.84. The average molecular weight is 548 g/mol. The van der Waals surface area contributed by atoms with Crippen LogP contribution in [0, 0.1) is 11.6 Å². The molecule has 3 aromatic carbocycles. The summed E-state index contributed by atoms with van der Waals surface area (Å²) in [7, 11) is 0. The second-order valence-electron chi connectivity index (χ2n) is 8.28. The Labute approximate surface area is 223 Å². The largest absolute Gasteiger partial charge is 0.478 e. The second kappa shape index (κ2) is 10.8. The fourth-order valence-corrected chi connectivity index (χ4v) is 4.81. The molecule has 0 saturated heterocycles. The highest BCUT2D eigenvalue weighted by Gasteiger charge is 2.25. The van der Waals surface area contributed by atoms with Gasteiger partial charge in [0.1, 0.15) is 22.2 Å². The first-order valence-electron chi connectivity index (χ1n) is 11.6. The van der Waals surface area contributed by atoms with Crippen molar-refractivity contribution in [2.45, 2.75) is 19.9 Å². The Morgan fingerprint density at radius 1 is 1.00 bits per heavy atom. The van der Waals surface area contributed by atoms with E-state index in [-0.39, 0.29) is 11.3 Å². The molecule has 5 aromatic rings. The third-order valence-corrected chi connectivity index (χ3v) is 6.91. The molecule has 0 spiro atoms. The maximum atomic E-state index is 14.4. The van der Waals surface area contributed by atoms with Crippen LogP contribution in [0.5, 0.6) is 0 Å². The molecule has 0 atom stereocenters. The predicted molar refractivity (Wildman–Crippen MR) is 137 cm³/mol. The van der Waals surface area contributed by atoms with Crippen LogP contribution in [0.3, 0.4) is 0 Å².